The Bertz CT molecular complexity index is 836. The Hall–Kier alpha value is -2.48. The highest BCUT2D eigenvalue weighted by molar-refractivity contribution is 5.96. The van der Waals surface area contributed by atoms with Gasteiger partial charge in [0.05, 0.1) is 12.5 Å². The zero-order valence-electron chi connectivity index (χ0n) is 9.59. The number of benzene rings is 2. The van der Waals surface area contributed by atoms with Crippen LogP contribution in [0.4, 0.5) is 0 Å². The Morgan fingerprint density at radius 3 is 2.72 bits per heavy atom. The number of para-hydroxylation sites is 1. The van der Waals surface area contributed by atoms with Gasteiger partial charge in [-0.05, 0) is 23.8 Å². The normalized spacial score (nSPS) is 11.3. The molecule has 0 spiro atoms. The van der Waals surface area contributed by atoms with Gasteiger partial charge in [0.2, 0.25) is 0 Å². The summed E-state index contributed by atoms with van der Waals surface area (Å²) >= 11 is 0. The van der Waals surface area contributed by atoms with Gasteiger partial charge in [-0.1, -0.05) is 30.3 Å². The van der Waals surface area contributed by atoms with Crippen LogP contribution >= 0.6 is 0 Å². The van der Waals surface area contributed by atoms with Crippen molar-refractivity contribution in [2.75, 3.05) is 0 Å². The maximum atomic E-state index is 5.57. The molecule has 2 nitrogen and oxygen atoms in total. The summed E-state index contributed by atoms with van der Waals surface area (Å²) in [5.41, 5.74) is 4.02. The van der Waals surface area contributed by atoms with E-state index < -0.39 is 0 Å². The van der Waals surface area contributed by atoms with Gasteiger partial charge >= 0.3 is 0 Å². The molecule has 4 rings (SSSR count). The summed E-state index contributed by atoms with van der Waals surface area (Å²) in [7, 11) is 0. The van der Waals surface area contributed by atoms with Gasteiger partial charge in [0.1, 0.15) is 11.2 Å². The van der Waals surface area contributed by atoms with E-state index in [0.717, 1.165) is 33.1 Å². The third-order valence-electron chi connectivity index (χ3n) is 3.25. The van der Waals surface area contributed by atoms with Gasteiger partial charge < -0.3 is 8.83 Å². The third kappa shape index (κ3) is 1.29. The van der Waals surface area contributed by atoms with Crippen LogP contribution in [0, 0.1) is 0 Å². The first-order valence-electron chi connectivity index (χ1n) is 5.86. The Morgan fingerprint density at radius 1 is 0.778 bits per heavy atom. The van der Waals surface area contributed by atoms with Crippen molar-refractivity contribution < 1.29 is 8.83 Å². The molecular formula is C16H10O2. The van der Waals surface area contributed by atoms with Crippen LogP contribution in [0.25, 0.3) is 33.1 Å². The molecule has 0 unspecified atom stereocenters. The highest BCUT2D eigenvalue weighted by atomic mass is 16.3. The van der Waals surface area contributed by atoms with E-state index >= 15 is 0 Å². The van der Waals surface area contributed by atoms with Crippen molar-refractivity contribution in [1.82, 2.24) is 0 Å². The van der Waals surface area contributed by atoms with Crippen molar-refractivity contribution in [2.24, 2.45) is 0 Å². The predicted molar refractivity (Wildman–Crippen MR) is 71.4 cm³/mol. The van der Waals surface area contributed by atoms with Gasteiger partial charge in [-0.3, -0.25) is 0 Å². The monoisotopic (exact) mass is 234 g/mol. The summed E-state index contributed by atoms with van der Waals surface area (Å²) in [4.78, 5) is 0. The Labute approximate surface area is 103 Å². The largest absolute Gasteiger partial charge is 0.464 e. The first-order valence-corrected chi connectivity index (χ1v) is 5.86. The molecule has 0 saturated carbocycles. The first-order chi connectivity index (χ1) is 8.92. The van der Waals surface area contributed by atoms with Crippen molar-refractivity contribution >= 4 is 21.9 Å². The molecule has 0 amide bonds. The molecule has 0 N–H and O–H groups in total. The van der Waals surface area contributed by atoms with E-state index in [4.69, 9.17) is 8.83 Å². The highest BCUT2D eigenvalue weighted by Gasteiger charge is 2.08. The summed E-state index contributed by atoms with van der Waals surface area (Å²) < 4.78 is 11.0. The van der Waals surface area contributed by atoms with E-state index in [1.165, 1.54) is 0 Å². The lowest BCUT2D eigenvalue weighted by Crippen LogP contribution is -1.75. The average Bonchev–Trinajstić information content (AvgIpc) is 3.04. The Balaban J connectivity index is 2.00. The maximum Gasteiger partial charge on any atom is 0.134 e. The summed E-state index contributed by atoms with van der Waals surface area (Å²) in [6.07, 6.45) is 3.51. The van der Waals surface area contributed by atoms with Crippen LogP contribution in [0.2, 0.25) is 0 Å². The van der Waals surface area contributed by atoms with Crippen LogP contribution in [0.3, 0.4) is 0 Å². The second-order valence-electron chi connectivity index (χ2n) is 4.32. The first kappa shape index (κ1) is 9.54. The SMILES string of the molecule is c1ccc2c(-c3ccc4ccoc4c3)coc2c1. The molecule has 0 atom stereocenters. The second-order valence-corrected chi connectivity index (χ2v) is 4.32. The molecule has 2 heterocycles. The molecule has 2 aromatic carbocycles. The van der Waals surface area contributed by atoms with Crippen molar-refractivity contribution in [3.05, 3.63) is 61.1 Å². The lowest BCUT2D eigenvalue weighted by molar-refractivity contribution is 0.615. The molecule has 2 heteroatoms. The zero-order chi connectivity index (χ0) is 11.9. The van der Waals surface area contributed by atoms with Crippen LogP contribution in [-0.2, 0) is 0 Å². The lowest BCUT2D eigenvalue weighted by atomic mass is 10.0. The van der Waals surface area contributed by atoms with E-state index in [1.807, 2.05) is 30.3 Å². The van der Waals surface area contributed by atoms with E-state index in [0.29, 0.717) is 0 Å². The molecule has 0 bridgehead atoms. The quantitative estimate of drug-likeness (QED) is 0.470. The molecule has 18 heavy (non-hydrogen) atoms. The summed E-state index contributed by atoms with van der Waals surface area (Å²) in [5, 5.41) is 2.25. The molecule has 0 saturated heterocycles. The second kappa shape index (κ2) is 3.50. The molecule has 0 fully saturated rings. The number of fused-ring (bicyclic) bond motifs is 2. The number of rotatable bonds is 1. The molecule has 0 aliphatic carbocycles. The molecule has 4 aromatic rings. The van der Waals surface area contributed by atoms with Gasteiger partial charge in [-0.2, -0.15) is 0 Å². The van der Waals surface area contributed by atoms with Gasteiger partial charge in [0.25, 0.3) is 0 Å². The number of hydrogen-bond acceptors (Lipinski definition) is 2. The van der Waals surface area contributed by atoms with Crippen LogP contribution in [0.15, 0.2) is 69.9 Å². The predicted octanol–water partition coefficient (Wildman–Crippen LogP) is 4.85. The van der Waals surface area contributed by atoms with Crippen LogP contribution in [0.5, 0.6) is 0 Å². The minimum absolute atomic E-state index is 0.901. The van der Waals surface area contributed by atoms with E-state index in [2.05, 4.69) is 18.2 Å². The van der Waals surface area contributed by atoms with Crippen molar-refractivity contribution in [2.45, 2.75) is 0 Å². The summed E-state index contributed by atoms with van der Waals surface area (Å²) in [6, 6.07) is 16.2. The van der Waals surface area contributed by atoms with Gasteiger partial charge in [-0.25, -0.2) is 0 Å². The molecule has 0 radical (unpaired) electrons. The topological polar surface area (TPSA) is 26.3 Å². The van der Waals surface area contributed by atoms with Crippen LogP contribution in [0.1, 0.15) is 0 Å². The highest BCUT2D eigenvalue weighted by Crippen LogP contribution is 2.32. The van der Waals surface area contributed by atoms with Crippen molar-refractivity contribution in [3.8, 4) is 11.1 Å². The van der Waals surface area contributed by atoms with Gasteiger partial charge in [-0.15, -0.1) is 0 Å². The molecule has 86 valence electrons. The lowest BCUT2D eigenvalue weighted by Gasteiger charge is -1.98. The van der Waals surface area contributed by atoms with Crippen molar-refractivity contribution in [3.63, 3.8) is 0 Å². The number of furan rings is 2. The fourth-order valence-electron chi connectivity index (χ4n) is 2.32. The maximum absolute atomic E-state index is 5.57. The van der Waals surface area contributed by atoms with Gasteiger partial charge in [0.15, 0.2) is 0 Å². The zero-order valence-corrected chi connectivity index (χ0v) is 9.59. The number of hydrogen-bond donors (Lipinski definition) is 0. The third-order valence-corrected chi connectivity index (χ3v) is 3.25. The molecule has 2 aromatic heterocycles. The minimum atomic E-state index is 0.901. The van der Waals surface area contributed by atoms with Crippen LogP contribution < -0.4 is 0 Å². The van der Waals surface area contributed by atoms with Gasteiger partial charge in [0, 0.05) is 16.3 Å². The summed E-state index contributed by atoms with van der Waals surface area (Å²) in [6.45, 7) is 0. The molecule has 0 aliphatic heterocycles. The fourth-order valence-corrected chi connectivity index (χ4v) is 2.32. The van der Waals surface area contributed by atoms with Crippen LogP contribution in [-0.4, -0.2) is 0 Å². The molecular weight excluding hydrogens is 224 g/mol. The smallest absolute Gasteiger partial charge is 0.134 e. The van der Waals surface area contributed by atoms with E-state index in [9.17, 15) is 0 Å². The Morgan fingerprint density at radius 2 is 1.72 bits per heavy atom. The average molecular weight is 234 g/mol. The van der Waals surface area contributed by atoms with E-state index in [1.54, 1.807) is 12.5 Å². The minimum Gasteiger partial charge on any atom is -0.464 e. The Kier molecular flexibility index (Phi) is 1.86. The van der Waals surface area contributed by atoms with Crippen molar-refractivity contribution in [1.29, 1.82) is 0 Å². The fraction of sp³-hybridized carbons (Fsp3) is 0. The summed E-state index contributed by atoms with van der Waals surface area (Å²) in [5.74, 6) is 0. The van der Waals surface area contributed by atoms with E-state index in [-0.39, 0.29) is 0 Å². The standard InChI is InChI=1S/C16H10O2/c1-2-4-15-13(3-1)14(10-18-15)12-6-5-11-7-8-17-16(11)9-12/h1-10H. The molecule has 0 aliphatic rings.